The quantitative estimate of drug-likeness (QED) is 0.621. The van der Waals surface area contributed by atoms with Crippen LogP contribution in [0.25, 0.3) is 0 Å². The van der Waals surface area contributed by atoms with Crippen molar-refractivity contribution in [2.75, 3.05) is 6.61 Å². The highest BCUT2D eigenvalue weighted by molar-refractivity contribution is 7.80. The van der Waals surface area contributed by atoms with E-state index < -0.39 is 51.3 Å². The first-order chi connectivity index (χ1) is 9.41. The van der Waals surface area contributed by atoms with Crippen LogP contribution in [0.3, 0.4) is 0 Å². The van der Waals surface area contributed by atoms with Gasteiger partial charge in [-0.3, -0.25) is 4.79 Å². The highest BCUT2D eigenvalue weighted by atomic mass is 32.2. The van der Waals surface area contributed by atoms with Gasteiger partial charge in [0.1, 0.15) is 0 Å². The molecule has 0 aromatic carbocycles. The van der Waals surface area contributed by atoms with Gasteiger partial charge in [-0.15, -0.1) is 0 Å². The highest BCUT2D eigenvalue weighted by Crippen LogP contribution is 2.65. The van der Waals surface area contributed by atoms with Crippen molar-refractivity contribution in [3.05, 3.63) is 0 Å². The molecular weight excluding hydrogens is 310 g/mol. The lowest BCUT2D eigenvalue weighted by atomic mass is 9.66. The lowest BCUT2D eigenvalue weighted by Gasteiger charge is -2.34. The molecule has 0 radical (unpaired) electrons. The zero-order valence-electron chi connectivity index (χ0n) is 11.8. The monoisotopic (exact) mass is 326 g/mol. The zero-order chi connectivity index (χ0) is 16.3. The first kappa shape index (κ1) is 16.3. The molecule has 1 aliphatic heterocycles. The van der Waals surface area contributed by atoms with Crippen molar-refractivity contribution in [1.82, 2.24) is 0 Å². The maximum absolute atomic E-state index is 13.0. The summed E-state index contributed by atoms with van der Waals surface area (Å²) in [4.78, 5) is 24.1. The fraction of sp³-hybridized carbons (Fsp3) is 0.833. The second-order valence-corrected chi connectivity index (χ2v) is 7.23. The van der Waals surface area contributed by atoms with E-state index in [-0.39, 0.29) is 6.42 Å². The molecule has 0 aromatic rings. The Morgan fingerprint density at radius 1 is 1.43 bits per heavy atom. The third kappa shape index (κ3) is 1.93. The van der Waals surface area contributed by atoms with E-state index in [0.29, 0.717) is 6.42 Å². The van der Waals surface area contributed by atoms with Gasteiger partial charge < -0.3 is 14.0 Å². The number of hydrogen-bond acceptors (Lipinski definition) is 5. The van der Waals surface area contributed by atoms with E-state index in [2.05, 4.69) is 4.74 Å². The summed E-state index contributed by atoms with van der Waals surface area (Å²) in [5.41, 5.74) is -3.41. The van der Waals surface area contributed by atoms with Gasteiger partial charge in [0.25, 0.3) is 0 Å². The lowest BCUT2D eigenvalue weighted by molar-refractivity contribution is -0.186. The molecule has 21 heavy (non-hydrogen) atoms. The summed E-state index contributed by atoms with van der Waals surface area (Å²) in [6, 6.07) is 0. The SMILES string of the molecule is CC12CCC(C(=O)OCC(F)(F)S(=O)O)(OC1=O)C2(C)C. The predicted molar refractivity (Wildman–Crippen MR) is 66.6 cm³/mol. The highest BCUT2D eigenvalue weighted by Gasteiger charge is 2.76. The number of hydrogen-bond donors (Lipinski definition) is 1. The summed E-state index contributed by atoms with van der Waals surface area (Å²) >= 11 is -3.45. The molecule has 1 heterocycles. The maximum atomic E-state index is 13.0. The van der Waals surface area contributed by atoms with Crippen molar-refractivity contribution < 1.29 is 36.6 Å². The Morgan fingerprint density at radius 2 is 2.00 bits per heavy atom. The number of ether oxygens (including phenoxy) is 2. The second kappa shape index (κ2) is 4.45. The van der Waals surface area contributed by atoms with Crippen LogP contribution < -0.4 is 0 Å². The van der Waals surface area contributed by atoms with Crippen LogP contribution in [0.4, 0.5) is 8.78 Å². The Labute approximate surface area is 122 Å². The average molecular weight is 326 g/mol. The third-order valence-corrected chi connectivity index (χ3v) is 5.67. The zero-order valence-corrected chi connectivity index (χ0v) is 12.6. The molecule has 2 aliphatic rings. The number of carbonyl (C=O) groups is 2. The van der Waals surface area contributed by atoms with Crippen molar-refractivity contribution in [3.63, 3.8) is 0 Å². The molecule has 1 saturated heterocycles. The normalized spacial score (nSPS) is 35.4. The van der Waals surface area contributed by atoms with Gasteiger partial charge in [-0.1, -0.05) is 13.8 Å². The van der Waals surface area contributed by atoms with Crippen molar-refractivity contribution in [2.45, 2.75) is 44.5 Å². The Balaban J connectivity index is 2.21. The summed E-state index contributed by atoms with van der Waals surface area (Å²) < 4.78 is 54.6. The summed E-state index contributed by atoms with van der Waals surface area (Å²) in [5, 5.41) is -4.07. The molecule has 1 N–H and O–H groups in total. The van der Waals surface area contributed by atoms with E-state index in [4.69, 9.17) is 9.29 Å². The number of rotatable bonds is 4. The molecule has 2 fully saturated rings. The molecule has 3 unspecified atom stereocenters. The summed E-state index contributed by atoms with van der Waals surface area (Å²) in [7, 11) is 0. The average Bonchev–Trinajstić information content (AvgIpc) is 2.66. The number of esters is 2. The van der Waals surface area contributed by atoms with Gasteiger partial charge in [0.05, 0.1) is 5.41 Å². The number of halogens is 2. The van der Waals surface area contributed by atoms with Crippen LogP contribution in [0.1, 0.15) is 33.6 Å². The first-order valence-corrected chi connectivity index (χ1v) is 7.41. The number of fused-ring (bicyclic) bond motifs is 2. The van der Waals surface area contributed by atoms with Crippen LogP contribution in [-0.4, -0.2) is 38.2 Å². The summed E-state index contributed by atoms with van der Waals surface area (Å²) in [6.45, 7) is 3.42. The second-order valence-electron chi connectivity index (χ2n) is 6.14. The number of alkyl halides is 2. The largest absolute Gasteiger partial charge is 0.455 e. The van der Waals surface area contributed by atoms with Gasteiger partial charge in [-0.2, -0.15) is 8.78 Å². The molecular formula is C12H16F2O6S. The minimum Gasteiger partial charge on any atom is -0.455 e. The predicted octanol–water partition coefficient (Wildman–Crippen LogP) is 1.47. The van der Waals surface area contributed by atoms with Crippen molar-refractivity contribution in [3.8, 4) is 0 Å². The van der Waals surface area contributed by atoms with Gasteiger partial charge in [-0.25, -0.2) is 9.00 Å². The first-order valence-electron chi connectivity index (χ1n) is 6.30. The molecule has 120 valence electrons. The van der Waals surface area contributed by atoms with E-state index in [1.165, 1.54) is 0 Å². The molecule has 1 saturated carbocycles. The Hall–Kier alpha value is -1.09. The molecule has 0 spiro atoms. The molecule has 6 nitrogen and oxygen atoms in total. The van der Waals surface area contributed by atoms with E-state index >= 15 is 0 Å². The van der Waals surface area contributed by atoms with Crippen LogP contribution in [0, 0.1) is 10.8 Å². The van der Waals surface area contributed by atoms with E-state index in [1.54, 1.807) is 20.8 Å². The molecule has 2 bridgehead atoms. The fourth-order valence-electron chi connectivity index (χ4n) is 3.02. The van der Waals surface area contributed by atoms with Gasteiger partial charge in [0.2, 0.25) is 16.7 Å². The molecule has 1 aliphatic carbocycles. The van der Waals surface area contributed by atoms with Gasteiger partial charge in [-0.05, 0) is 19.8 Å². The smallest absolute Gasteiger partial charge is 0.378 e. The lowest BCUT2D eigenvalue weighted by Crippen LogP contribution is -2.50. The maximum Gasteiger partial charge on any atom is 0.378 e. The van der Waals surface area contributed by atoms with Crippen LogP contribution in [0.15, 0.2) is 0 Å². The molecule has 2 rings (SSSR count). The van der Waals surface area contributed by atoms with Crippen molar-refractivity contribution in [2.24, 2.45) is 10.8 Å². The third-order valence-electron chi connectivity index (χ3n) is 5.04. The van der Waals surface area contributed by atoms with Crippen molar-refractivity contribution >= 4 is 23.0 Å². The Kier molecular flexibility index (Phi) is 3.45. The minimum atomic E-state index is -4.07. The van der Waals surface area contributed by atoms with Crippen LogP contribution in [0.5, 0.6) is 0 Å². The Bertz CT molecular complexity index is 534. The van der Waals surface area contributed by atoms with Crippen LogP contribution in [0.2, 0.25) is 0 Å². The van der Waals surface area contributed by atoms with Gasteiger partial charge in [0.15, 0.2) is 6.61 Å². The van der Waals surface area contributed by atoms with E-state index in [1.807, 2.05) is 0 Å². The van der Waals surface area contributed by atoms with Crippen LogP contribution in [-0.2, 0) is 30.1 Å². The topological polar surface area (TPSA) is 89.9 Å². The summed E-state index contributed by atoms with van der Waals surface area (Å²) in [5.74, 6) is -1.67. The Morgan fingerprint density at radius 3 is 2.38 bits per heavy atom. The molecule has 0 amide bonds. The van der Waals surface area contributed by atoms with Crippen molar-refractivity contribution in [1.29, 1.82) is 0 Å². The fourth-order valence-corrected chi connectivity index (χ4v) is 3.18. The minimum absolute atomic E-state index is 0.175. The number of carbonyl (C=O) groups excluding carboxylic acids is 2. The van der Waals surface area contributed by atoms with E-state index in [9.17, 15) is 22.6 Å². The molecule has 9 heteroatoms. The standard InChI is InChI=1S/C12H16F2O6S/c1-9(2)10(3)4-5-11(9,20-7(10)15)8(16)19-6-12(13,14)21(17)18/h4-6H2,1-3H3,(H,17,18). The summed E-state index contributed by atoms with van der Waals surface area (Å²) in [6.07, 6.45) is 0.561. The van der Waals surface area contributed by atoms with Gasteiger partial charge >= 0.3 is 17.2 Å². The molecule has 0 aromatic heterocycles. The van der Waals surface area contributed by atoms with E-state index in [0.717, 1.165) is 0 Å². The molecule has 3 atom stereocenters. The van der Waals surface area contributed by atoms with Gasteiger partial charge in [0, 0.05) is 5.41 Å². The van der Waals surface area contributed by atoms with Crippen LogP contribution >= 0.6 is 0 Å².